The van der Waals surface area contributed by atoms with E-state index < -0.39 is 6.04 Å². The second kappa shape index (κ2) is 4.10. The predicted octanol–water partition coefficient (Wildman–Crippen LogP) is -0.0536. The number of anilines is 1. The van der Waals surface area contributed by atoms with Crippen molar-refractivity contribution in [2.75, 3.05) is 5.32 Å². The molecule has 7 heteroatoms. The lowest BCUT2D eigenvalue weighted by Crippen LogP contribution is -2.47. The third-order valence-electron chi connectivity index (χ3n) is 2.87. The summed E-state index contributed by atoms with van der Waals surface area (Å²) in [5.41, 5.74) is 0.794. The molecule has 0 spiro atoms. The van der Waals surface area contributed by atoms with Gasteiger partial charge in [0.05, 0.1) is 6.20 Å². The summed E-state index contributed by atoms with van der Waals surface area (Å²) in [6.45, 7) is 0. The first-order valence-electron chi connectivity index (χ1n) is 5.62. The molecule has 0 aromatic carbocycles. The quantitative estimate of drug-likeness (QED) is 0.724. The van der Waals surface area contributed by atoms with Crippen LogP contribution in [-0.2, 0) is 9.59 Å². The van der Waals surface area contributed by atoms with Gasteiger partial charge in [0, 0.05) is 18.8 Å². The van der Waals surface area contributed by atoms with Crippen LogP contribution in [0, 0.1) is 0 Å². The molecule has 1 fully saturated rings. The monoisotopic (exact) mass is 245 g/mol. The van der Waals surface area contributed by atoms with E-state index in [0.29, 0.717) is 18.7 Å². The molecule has 1 unspecified atom stereocenters. The predicted molar refractivity (Wildman–Crippen MR) is 62.8 cm³/mol. The van der Waals surface area contributed by atoms with Crippen molar-refractivity contribution in [3.8, 4) is 0 Å². The minimum Gasteiger partial charge on any atom is -0.357 e. The number of aromatic nitrogens is 3. The van der Waals surface area contributed by atoms with Crippen LogP contribution in [-0.4, -0.2) is 32.5 Å². The number of nitrogens with one attached hydrogen (secondary N) is 2. The fourth-order valence-electron chi connectivity index (χ4n) is 1.97. The van der Waals surface area contributed by atoms with E-state index in [1.165, 1.54) is 0 Å². The van der Waals surface area contributed by atoms with Crippen LogP contribution in [0.2, 0.25) is 0 Å². The van der Waals surface area contributed by atoms with Gasteiger partial charge in [-0.25, -0.2) is 9.50 Å². The lowest BCUT2D eigenvalue weighted by atomic mass is 10.1. The zero-order valence-electron chi connectivity index (χ0n) is 9.46. The van der Waals surface area contributed by atoms with E-state index >= 15 is 0 Å². The van der Waals surface area contributed by atoms with Crippen molar-refractivity contribution >= 4 is 23.1 Å². The molecule has 2 aromatic rings. The van der Waals surface area contributed by atoms with E-state index in [2.05, 4.69) is 20.7 Å². The summed E-state index contributed by atoms with van der Waals surface area (Å²) in [6.07, 6.45) is 5.80. The van der Waals surface area contributed by atoms with Crippen molar-refractivity contribution in [2.24, 2.45) is 0 Å². The van der Waals surface area contributed by atoms with Crippen LogP contribution in [0.3, 0.4) is 0 Å². The minimum atomic E-state index is -0.434. The molecule has 92 valence electrons. The Morgan fingerprint density at radius 3 is 3.11 bits per heavy atom. The molecule has 1 saturated heterocycles. The van der Waals surface area contributed by atoms with Gasteiger partial charge < -0.3 is 5.32 Å². The Morgan fingerprint density at radius 2 is 2.28 bits per heavy atom. The number of hydrogen-bond acceptors (Lipinski definition) is 5. The first kappa shape index (κ1) is 10.7. The number of hydrogen-bond donors (Lipinski definition) is 2. The van der Waals surface area contributed by atoms with Crippen LogP contribution in [0.1, 0.15) is 12.8 Å². The Hall–Kier alpha value is -2.44. The molecule has 18 heavy (non-hydrogen) atoms. The van der Waals surface area contributed by atoms with Gasteiger partial charge in [-0.3, -0.25) is 14.9 Å². The molecule has 0 radical (unpaired) electrons. The molecule has 2 N–H and O–H groups in total. The van der Waals surface area contributed by atoms with Crippen molar-refractivity contribution in [3.63, 3.8) is 0 Å². The van der Waals surface area contributed by atoms with Crippen molar-refractivity contribution in [3.05, 3.63) is 24.7 Å². The highest BCUT2D eigenvalue weighted by atomic mass is 16.2. The summed E-state index contributed by atoms with van der Waals surface area (Å²) in [5, 5.41) is 9.43. The largest absolute Gasteiger partial charge is 0.357 e. The molecular weight excluding hydrogens is 234 g/mol. The summed E-state index contributed by atoms with van der Waals surface area (Å²) in [4.78, 5) is 26.9. The van der Waals surface area contributed by atoms with Crippen molar-refractivity contribution in [1.29, 1.82) is 0 Å². The van der Waals surface area contributed by atoms with Gasteiger partial charge in [0.25, 0.3) is 0 Å². The molecular formula is C11H11N5O2. The van der Waals surface area contributed by atoms with Gasteiger partial charge in [-0.1, -0.05) is 0 Å². The Morgan fingerprint density at radius 1 is 1.39 bits per heavy atom. The highest BCUT2D eigenvalue weighted by Crippen LogP contribution is 2.16. The first-order chi connectivity index (χ1) is 8.74. The van der Waals surface area contributed by atoms with Gasteiger partial charge in [-0.05, 0) is 12.5 Å². The number of fused-ring (bicyclic) bond motifs is 1. The van der Waals surface area contributed by atoms with Crippen LogP contribution in [0.5, 0.6) is 0 Å². The van der Waals surface area contributed by atoms with E-state index in [1.54, 1.807) is 29.2 Å². The zero-order valence-corrected chi connectivity index (χ0v) is 9.46. The van der Waals surface area contributed by atoms with Crippen LogP contribution in [0.25, 0.3) is 5.52 Å². The van der Waals surface area contributed by atoms with Gasteiger partial charge in [0.1, 0.15) is 11.6 Å². The molecule has 0 saturated carbocycles. The van der Waals surface area contributed by atoms with E-state index in [-0.39, 0.29) is 11.8 Å². The van der Waals surface area contributed by atoms with E-state index in [1.807, 2.05) is 0 Å². The highest BCUT2D eigenvalue weighted by molar-refractivity contribution is 6.01. The molecule has 2 amide bonds. The van der Waals surface area contributed by atoms with Gasteiger partial charge in [-0.15, -0.1) is 0 Å². The van der Waals surface area contributed by atoms with Gasteiger partial charge in [0.2, 0.25) is 11.8 Å². The standard InChI is InChI=1S/C11H11N5O2/c17-9-2-1-7(11(18)15-9)14-10-8-3-4-13-16(8)6-5-12-10/h3-7H,1-2H2,(H,12,14)(H,15,17,18). The highest BCUT2D eigenvalue weighted by Gasteiger charge is 2.27. The lowest BCUT2D eigenvalue weighted by Gasteiger charge is -2.22. The number of amides is 2. The molecule has 1 atom stereocenters. The number of imide groups is 1. The van der Waals surface area contributed by atoms with E-state index in [9.17, 15) is 9.59 Å². The second-order valence-electron chi connectivity index (χ2n) is 4.08. The lowest BCUT2D eigenvalue weighted by molar-refractivity contribution is -0.133. The van der Waals surface area contributed by atoms with Crippen LogP contribution in [0.15, 0.2) is 24.7 Å². The zero-order chi connectivity index (χ0) is 12.5. The molecule has 2 aromatic heterocycles. The van der Waals surface area contributed by atoms with Gasteiger partial charge >= 0.3 is 0 Å². The number of carbonyl (C=O) groups excluding carboxylic acids is 2. The summed E-state index contributed by atoms with van der Waals surface area (Å²) < 4.78 is 1.67. The molecule has 1 aliphatic rings. The molecule has 0 bridgehead atoms. The average molecular weight is 245 g/mol. The van der Waals surface area contributed by atoms with Crippen LogP contribution in [0.4, 0.5) is 5.82 Å². The van der Waals surface area contributed by atoms with Crippen LogP contribution >= 0.6 is 0 Å². The van der Waals surface area contributed by atoms with Crippen molar-refractivity contribution in [2.45, 2.75) is 18.9 Å². The number of rotatable bonds is 2. The minimum absolute atomic E-state index is 0.228. The molecule has 3 heterocycles. The maximum atomic E-state index is 11.6. The Kier molecular flexibility index (Phi) is 2.44. The van der Waals surface area contributed by atoms with Crippen molar-refractivity contribution < 1.29 is 9.59 Å². The summed E-state index contributed by atoms with van der Waals surface area (Å²) in [6, 6.07) is 1.37. The third-order valence-corrected chi connectivity index (χ3v) is 2.87. The maximum Gasteiger partial charge on any atom is 0.249 e. The number of nitrogens with zero attached hydrogens (tertiary/aromatic N) is 3. The van der Waals surface area contributed by atoms with E-state index in [0.717, 1.165) is 5.52 Å². The van der Waals surface area contributed by atoms with Crippen LogP contribution < -0.4 is 10.6 Å². The summed E-state index contributed by atoms with van der Waals surface area (Å²) in [7, 11) is 0. The number of piperidine rings is 1. The first-order valence-corrected chi connectivity index (χ1v) is 5.62. The smallest absolute Gasteiger partial charge is 0.249 e. The summed E-state index contributed by atoms with van der Waals surface area (Å²) >= 11 is 0. The van der Waals surface area contributed by atoms with Gasteiger partial charge in [-0.2, -0.15) is 5.10 Å². The molecule has 0 aliphatic carbocycles. The maximum absolute atomic E-state index is 11.6. The fourth-order valence-corrected chi connectivity index (χ4v) is 1.97. The number of carbonyl (C=O) groups is 2. The topological polar surface area (TPSA) is 88.4 Å². The van der Waals surface area contributed by atoms with Crippen molar-refractivity contribution in [1.82, 2.24) is 19.9 Å². The fraction of sp³-hybridized carbons (Fsp3) is 0.273. The molecule has 1 aliphatic heterocycles. The molecule has 7 nitrogen and oxygen atoms in total. The Labute approximate surface area is 102 Å². The van der Waals surface area contributed by atoms with Gasteiger partial charge in [0.15, 0.2) is 5.82 Å². The molecule has 3 rings (SSSR count). The SMILES string of the molecule is O=C1CCC(Nc2nccn3nccc23)C(=O)N1. The average Bonchev–Trinajstić information content (AvgIpc) is 2.82. The normalized spacial score (nSPS) is 19.9. The second-order valence-corrected chi connectivity index (χ2v) is 4.08. The van der Waals surface area contributed by atoms with E-state index in [4.69, 9.17) is 0 Å². The Balaban J connectivity index is 1.86. The summed E-state index contributed by atoms with van der Waals surface area (Å²) in [5.74, 6) is 0.0487. The third kappa shape index (κ3) is 1.79. The Bertz CT molecular complexity index is 621.